The summed E-state index contributed by atoms with van der Waals surface area (Å²) in [5, 5.41) is 1.01. The van der Waals surface area contributed by atoms with Gasteiger partial charge in [-0.25, -0.2) is 9.97 Å². The number of fused-ring (bicyclic) bond motifs is 1. The Kier molecular flexibility index (Phi) is 2.54. The fourth-order valence-electron chi connectivity index (χ4n) is 1.79. The van der Waals surface area contributed by atoms with E-state index in [0.717, 1.165) is 29.6 Å². The average molecular weight is 201 g/mol. The molecule has 3 heteroatoms. The molecule has 0 unspecified atom stereocenters. The first-order chi connectivity index (χ1) is 7.26. The van der Waals surface area contributed by atoms with Crippen LogP contribution in [-0.2, 0) is 12.8 Å². The van der Waals surface area contributed by atoms with E-state index < -0.39 is 0 Å². The van der Waals surface area contributed by atoms with Gasteiger partial charge >= 0.3 is 0 Å². The second-order valence-electron chi connectivity index (χ2n) is 3.54. The lowest BCUT2D eigenvalue weighted by molar-refractivity contribution is 0.963. The third-order valence-electron chi connectivity index (χ3n) is 2.58. The van der Waals surface area contributed by atoms with Crippen molar-refractivity contribution >= 4 is 16.7 Å². The van der Waals surface area contributed by atoms with Crippen LogP contribution in [0.25, 0.3) is 10.9 Å². The van der Waals surface area contributed by atoms with Gasteiger partial charge in [-0.15, -0.1) is 0 Å². The summed E-state index contributed by atoms with van der Waals surface area (Å²) in [5.41, 5.74) is 8.13. The number of benzene rings is 1. The molecule has 0 fully saturated rings. The number of hydrogen-bond donors (Lipinski definition) is 1. The summed E-state index contributed by atoms with van der Waals surface area (Å²) in [6.07, 6.45) is 1.77. The largest absolute Gasteiger partial charge is 0.383 e. The lowest BCUT2D eigenvalue weighted by atomic mass is 10.1. The molecule has 1 aromatic carbocycles. The first-order valence-electron chi connectivity index (χ1n) is 5.30. The molecule has 2 aromatic rings. The van der Waals surface area contributed by atoms with E-state index in [-0.39, 0.29) is 0 Å². The van der Waals surface area contributed by atoms with Gasteiger partial charge < -0.3 is 5.73 Å². The van der Waals surface area contributed by atoms with Crippen LogP contribution in [0, 0.1) is 0 Å². The van der Waals surface area contributed by atoms with Gasteiger partial charge in [-0.3, -0.25) is 0 Å². The molecule has 0 saturated heterocycles. The second-order valence-corrected chi connectivity index (χ2v) is 3.54. The molecule has 78 valence electrons. The van der Waals surface area contributed by atoms with E-state index in [1.807, 2.05) is 19.1 Å². The zero-order valence-corrected chi connectivity index (χ0v) is 9.12. The summed E-state index contributed by atoms with van der Waals surface area (Å²) >= 11 is 0. The van der Waals surface area contributed by atoms with Gasteiger partial charge in [-0.2, -0.15) is 0 Å². The van der Waals surface area contributed by atoms with Crippen LogP contribution in [0.5, 0.6) is 0 Å². The molecular formula is C12H15N3. The van der Waals surface area contributed by atoms with E-state index in [0.29, 0.717) is 5.82 Å². The third-order valence-corrected chi connectivity index (χ3v) is 2.58. The second kappa shape index (κ2) is 3.85. The molecule has 1 heterocycles. The number of nitrogens with two attached hydrogens (primary N) is 1. The summed E-state index contributed by atoms with van der Waals surface area (Å²) in [4.78, 5) is 8.77. The number of anilines is 1. The zero-order valence-electron chi connectivity index (χ0n) is 9.12. The molecule has 0 bridgehead atoms. The molecule has 0 saturated carbocycles. The maximum Gasteiger partial charge on any atom is 0.135 e. The minimum absolute atomic E-state index is 0.606. The maximum absolute atomic E-state index is 5.96. The molecule has 0 radical (unpaired) electrons. The molecule has 0 aliphatic carbocycles. The Balaban J connectivity index is 2.78. The number of rotatable bonds is 2. The van der Waals surface area contributed by atoms with Gasteiger partial charge in [-0.1, -0.05) is 26.0 Å². The number of aromatic nitrogens is 2. The van der Waals surface area contributed by atoms with Crippen molar-refractivity contribution in [2.75, 3.05) is 5.73 Å². The van der Waals surface area contributed by atoms with E-state index in [1.165, 1.54) is 5.56 Å². The Bertz CT molecular complexity index is 491. The highest BCUT2D eigenvalue weighted by Gasteiger charge is 2.07. The molecule has 0 amide bonds. The van der Waals surface area contributed by atoms with Crippen LogP contribution in [0.1, 0.15) is 25.2 Å². The molecule has 0 spiro atoms. The van der Waals surface area contributed by atoms with Gasteiger partial charge in [0.2, 0.25) is 0 Å². The molecule has 3 nitrogen and oxygen atoms in total. The minimum atomic E-state index is 0.606. The molecule has 0 aliphatic rings. The third kappa shape index (κ3) is 1.65. The lowest BCUT2D eigenvalue weighted by Crippen LogP contribution is -2.01. The van der Waals surface area contributed by atoms with Crippen LogP contribution < -0.4 is 5.73 Å². The van der Waals surface area contributed by atoms with Crippen molar-refractivity contribution in [3.05, 3.63) is 29.6 Å². The van der Waals surface area contributed by atoms with E-state index in [1.54, 1.807) is 0 Å². The molecule has 0 atom stereocenters. The maximum atomic E-state index is 5.96. The number of nitrogens with zero attached hydrogens (tertiary/aromatic N) is 2. The molecule has 1 aromatic heterocycles. The van der Waals surface area contributed by atoms with Gasteiger partial charge in [-0.05, 0) is 18.1 Å². The van der Waals surface area contributed by atoms with Crippen molar-refractivity contribution in [1.29, 1.82) is 0 Å². The highest BCUT2D eigenvalue weighted by molar-refractivity contribution is 5.91. The SMILES string of the molecule is CCc1nc(N)c2c(CC)cccc2n1. The van der Waals surface area contributed by atoms with Crippen molar-refractivity contribution < 1.29 is 0 Å². The summed E-state index contributed by atoms with van der Waals surface area (Å²) in [5.74, 6) is 1.42. The summed E-state index contributed by atoms with van der Waals surface area (Å²) in [6.45, 7) is 4.15. The van der Waals surface area contributed by atoms with Crippen LogP contribution in [-0.4, -0.2) is 9.97 Å². The fraction of sp³-hybridized carbons (Fsp3) is 0.333. The summed E-state index contributed by atoms with van der Waals surface area (Å²) in [6, 6.07) is 6.09. The van der Waals surface area contributed by atoms with Crippen LogP contribution >= 0.6 is 0 Å². The first kappa shape index (κ1) is 9.90. The van der Waals surface area contributed by atoms with Crippen LogP contribution in [0.15, 0.2) is 18.2 Å². The Morgan fingerprint density at radius 3 is 2.60 bits per heavy atom. The monoisotopic (exact) mass is 201 g/mol. The highest BCUT2D eigenvalue weighted by atomic mass is 14.9. The van der Waals surface area contributed by atoms with E-state index in [2.05, 4.69) is 23.0 Å². The smallest absolute Gasteiger partial charge is 0.135 e. The predicted molar refractivity (Wildman–Crippen MR) is 62.7 cm³/mol. The standard InChI is InChI=1S/C12H15N3/c1-3-8-6-5-7-9-11(8)12(13)15-10(4-2)14-9/h5-7H,3-4H2,1-2H3,(H2,13,14,15). The van der Waals surface area contributed by atoms with Crippen molar-refractivity contribution in [1.82, 2.24) is 9.97 Å². The molecule has 2 rings (SSSR count). The van der Waals surface area contributed by atoms with Gasteiger partial charge in [0.1, 0.15) is 11.6 Å². The Labute approximate surface area is 89.4 Å². The van der Waals surface area contributed by atoms with E-state index in [4.69, 9.17) is 5.73 Å². The minimum Gasteiger partial charge on any atom is -0.383 e. The molecular weight excluding hydrogens is 186 g/mol. The summed E-state index contributed by atoms with van der Waals surface area (Å²) < 4.78 is 0. The van der Waals surface area contributed by atoms with Gasteiger partial charge in [0.05, 0.1) is 5.52 Å². The van der Waals surface area contributed by atoms with E-state index >= 15 is 0 Å². The zero-order chi connectivity index (χ0) is 10.8. The van der Waals surface area contributed by atoms with Crippen molar-refractivity contribution in [3.63, 3.8) is 0 Å². The predicted octanol–water partition coefficient (Wildman–Crippen LogP) is 2.34. The van der Waals surface area contributed by atoms with Crippen LogP contribution in [0.2, 0.25) is 0 Å². The van der Waals surface area contributed by atoms with Gasteiger partial charge in [0.15, 0.2) is 0 Å². The highest BCUT2D eigenvalue weighted by Crippen LogP contribution is 2.22. The van der Waals surface area contributed by atoms with Crippen molar-refractivity contribution in [3.8, 4) is 0 Å². The molecule has 2 N–H and O–H groups in total. The number of nitrogen functional groups attached to an aromatic ring is 1. The van der Waals surface area contributed by atoms with Crippen LogP contribution in [0.4, 0.5) is 5.82 Å². The quantitative estimate of drug-likeness (QED) is 0.811. The molecule has 15 heavy (non-hydrogen) atoms. The van der Waals surface area contributed by atoms with Gasteiger partial charge in [0, 0.05) is 11.8 Å². The first-order valence-corrected chi connectivity index (χ1v) is 5.30. The van der Waals surface area contributed by atoms with Crippen LogP contribution in [0.3, 0.4) is 0 Å². The Hall–Kier alpha value is -1.64. The average Bonchev–Trinajstić information content (AvgIpc) is 2.27. The van der Waals surface area contributed by atoms with Gasteiger partial charge in [0.25, 0.3) is 0 Å². The number of hydrogen-bond acceptors (Lipinski definition) is 3. The molecule has 0 aliphatic heterocycles. The Morgan fingerprint density at radius 1 is 1.13 bits per heavy atom. The normalized spacial score (nSPS) is 10.8. The number of aryl methyl sites for hydroxylation is 2. The Morgan fingerprint density at radius 2 is 1.93 bits per heavy atom. The van der Waals surface area contributed by atoms with Crippen molar-refractivity contribution in [2.24, 2.45) is 0 Å². The fourth-order valence-corrected chi connectivity index (χ4v) is 1.79. The van der Waals surface area contributed by atoms with E-state index in [9.17, 15) is 0 Å². The van der Waals surface area contributed by atoms with Crippen molar-refractivity contribution in [2.45, 2.75) is 26.7 Å². The topological polar surface area (TPSA) is 51.8 Å². The lowest BCUT2D eigenvalue weighted by Gasteiger charge is -2.07. The summed E-state index contributed by atoms with van der Waals surface area (Å²) in [7, 11) is 0.